The lowest BCUT2D eigenvalue weighted by Crippen LogP contribution is -1.99. The van der Waals surface area contributed by atoms with Crippen molar-refractivity contribution in [1.29, 1.82) is 5.41 Å². The van der Waals surface area contributed by atoms with Gasteiger partial charge >= 0.3 is 0 Å². The SMILES string of the molecule is Cc1ccc(COc2cc(C=N)cc(OCc3ccc(C)cc3)c2)cc1. The highest BCUT2D eigenvalue weighted by Gasteiger charge is 2.04. The molecule has 0 aliphatic rings. The van der Waals surface area contributed by atoms with Gasteiger partial charge in [-0.2, -0.15) is 0 Å². The lowest BCUT2D eigenvalue weighted by Gasteiger charge is -2.11. The number of nitrogens with one attached hydrogen (secondary N) is 1. The minimum atomic E-state index is 0.485. The molecule has 3 nitrogen and oxygen atoms in total. The Morgan fingerprint density at radius 1 is 0.692 bits per heavy atom. The zero-order valence-corrected chi connectivity index (χ0v) is 15.2. The van der Waals surface area contributed by atoms with Gasteiger partial charge in [-0.15, -0.1) is 0 Å². The van der Waals surface area contributed by atoms with E-state index in [1.807, 2.05) is 18.2 Å². The van der Waals surface area contributed by atoms with Gasteiger partial charge in [-0.05, 0) is 42.7 Å². The largest absolute Gasteiger partial charge is 0.489 e. The number of ether oxygens (including phenoxy) is 2. The van der Waals surface area contributed by atoms with E-state index < -0.39 is 0 Å². The first kappa shape index (κ1) is 17.7. The second kappa shape index (κ2) is 8.34. The highest BCUT2D eigenvalue weighted by Crippen LogP contribution is 2.24. The summed E-state index contributed by atoms with van der Waals surface area (Å²) < 4.78 is 11.8. The van der Waals surface area contributed by atoms with Crippen LogP contribution in [0.1, 0.15) is 27.8 Å². The molecule has 0 bridgehead atoms. The van der Waals surface area contributed by atoms with Gasteiger partial charge in [0.15, 0.2) is 0 Å². The van der Waals surface area contributed by atoms with E-state index in [2.05, 4.69) is 62.4 Å². The van der Waals surface area contributed by atoms with Crippen molar-refractivity contribution in [1.82, 2.24) is 0 Å². The second-order valence-electron chi connectivity index (χ2n) is 6.43. The third-order valence-corrected chi connectivity index (χ3v) is 4.12. The minimum absolute atomic E-state index is 0.485. The first-order valence-electron chi connectivity index (χ1n) is 8.64. The maximum atomic E-state index is 7.54. The highest BCUT2D eigenvalue weighted by molar-refractivity contribution is 5.78. The average molecular weight is 345 g/mol. The summed E-state index contributed by atoms with van der Waals surface area (Å²) in [4.78, 5) is 0. The van der Waals surface area contributed by atoms with Crippen molar-refractivity contribution in [2.75, 3.05) is 0 Å². The van der Waals surface area contributed by atoms with E-state index in [1.54, 1.807) is 0 Å². The predicted molar refractivity (Wildman–Crippen MR) is 105 cm³/mol. The Morgan fingerprint density at radius 2 is 1.12 bits per heavy atom. The van der Waals surface area contributed by atoms with Crippen molar-refractivity contribution in [3.05, 3.63) is 94.5 Å². The standard InChI is InChI=1S/C23H23NO2/c1-17-3-7-19(8-4-17)15-25-22-11-21(14-24)12-23(13-22)26-16-20-9-5-18(2)6-10-20/h3-14,24H,15-16H2,1-2H3. The molecule has 0 unspecified atom stereocenters. The maximum absolute atomic E-state index is 7.54. The normalized spacial score (nSPS) is 10.4. The summed E-state index contributed by atoms with van der Waals surface area (Å²) in [7, 11) is 0. The highest BCUT2D eigenvalue weighted by atomic mass is 16.5. The van der Waals surface area contributed by atoms with Gasteiger partial charge in [0.05, 0.1) is 0 Å². The summed E-state index contributed by atoms with van der Waals surface area (Å²) in [6, 6.07) is 22.1. The van der Waals surface area contributed by atoms with Crippen LogP contribution in [-0.2, 0) is 13.2 Å². The molecule has 0 amide bonds. The summed E-state index contributed by atoms with van der Waals surface area (Å²) in [5.74, 6) is 1.40. The Bertz CT molecular complexity index is 800. The van der Waals surface area contributed by atoms with Gasteiger partial charge in [0.1, 0.15) is 24.7 Å². The van der Waals surface area contributed by atoms with Gasteiger partial charge in [0.2, 0.25) is 0 Å². The fourth-order valence-corrected chi connectivity index (χ4v) is 2.55. The van der Waals surface area contributed by atoms with Gasteiger partial charge in [0, 0.05) is 12.3 Å². The van der Waals surface area contributed by atoms with Crippen LogP contribution in [0.5, 0.6) is 11.5 Å². The number of aryl methyl sites for hydroxylation is 2. The molecule has 0 aliphatic heterocycles. The monoisotopic (exact) mass is 345 g/mol. The molecular weight excluding hydrogens is 322 g/mol. The molecule has 0 saturated carbocycles. The molecule has 0 atom stereocenters. The van der Waals surface area contributed by atoms with Crippen molar-refractivity contribution in [3.63, 3.8) is 0 Å². The Balaban J connectivity index is 1.68. The van der Waals surface area contributed by atoms with Gasteiger partial charge in [-0.3, -0.25) is 0 Å². The molecular formula is C23H23NO2. The van der Waals surface area contributed by atoms with Crippen LogP contribution < -0.4 is 9.47 Å². The zero-order chi connectivity index (χ0) is 18.4. The van der Waals surface area contributed by atoms with Crippen LogP contribution in [0.3, 0.4) is 0 Å². The second-order valence-corrected chi connectivity index (χ2v) is 6.43. The van der Waals surface area contributed by atoms with Crippen LogP contribution in [-0.4, -0.2) is 6.21 Å². The number of hydrogen-bond acceptors (Lipinski definition) is 3. The van der Waals surface area contributed by atoms with E-state index in [9.17, 15) is 0 Å². The van der Waals surface area contributed by atoms with E-state index in [-0.39, 0.29) is 0 Å². The number of benzene rings is 3. The molecule has 3 rings (SSSR count). The zero-order valence-electron chi connectivity index (χ0n) is 15.2. The Morgan fingerprint density at radius 3 is 1.50 bits per heavy atom. The van der Waals surface area contributed by atoms with E-state index in [4.69, 9.17) is 14.9 Å². The first-order chi connectivity index (χ1) is 12.6. The topological polar surface area (TPSA) is 42.3 Å². The van der Waals surface area contributed by atoms with E-state index >= 15 is 0 Å². The molecule has 1 N–H and O–H groups in total. The third kappa shape index (κ3) is 4.96. The van der Waals surface area contributed by atoms with Crippen LogP contribution in [0.4, 0.5) is 0 Å². The summed E-state index contributed by atoms with van der Waals surface area (Å²) in [5, 5.41) is 7.54. The molecule has 3 aromatic carbocycles. The van der Waals surface area contributed by atoms with Crippen molar-refractivity contribution >= 4 is 6.21 Å². The van der Waals surface area contributed by atoms with Gasteiger partial charge < -0.3 is 14.9 Å². The van der Waals surface area contributed by atoms with Crippen molar-refractivity contribution in [2.24, 2.45) is 0 Å². The molecule has 3 heteroatoms. The van der Waals surface area contributed by atoms with Crippen LogP contribution in [0, 0.1) is 19.3 Å². The van der Waals surface area contributed by atoms with Crippen molar-refractivity contribution in [2.45, 2.75) is 27.1 Å². The molecule has 132 valence electrons. The fourth-order valence-electron chi connectivity index (χ4n) is 2.55. The molecule has 26 heavy (non-hydrogen) atoms. The van der Waals surface area contributed by atoms with Crippen LogP contribution in [0.25, 0.3) is 0 Å². The third-order valence-electron chi connectivity index (χ3n) is 4.12. The Labute approximate surface area is 154 Å². The average Bonchev–Trinajstić information content (AvgIpc) is 2.67. The molecule has 0 saturated heterocycles. The van der Waals surface area contributed by atoms with Crippen LogP contribution >= 0.6 is 0 Å². The molecule has 0 radical (unpaired) electrons. The predicted octanol–water partition coefficient (Wildman–Crippen LogP) is 5.46. The summed E-state index contributed by atoms with van der Waals surface area (Å²) in [5.41, 5.74) is 5.43. The lowest BCUT2D eigenvalue weighted by molar-refractivity contribution is 0.290. The molecule has 3 aromatic rings. The molecule has 0 heterocycles. The number of hydrogen-bond donors (Lipinski definition) is 1. The molecule has 0 aromatic heterocycles. The van der Waals surface area contributed by atoms with Gasteiger partial charge in [-0.25, -0.2) is 0 Å². The fraction of sp³-hybridized carbons (Fsp3) is 0.174. The van der Waals surface area contributed by atoms with Crippen molar-refractivity contribution in [3.8, 4) is 11.5 Å². The lowest BCUT2D eigenvalue weighted by atomic mass is 10.1. The van der Waals surface area contributed by atoms with Crippen LogP contribution in [0.2, 0.25) is 0 Å². The molecule has 0 fully saturated rings. The van der Waals surface area contributed by atoms with Gasteiger partial charge in [0.25, 0.3) is 0 Å². The smallest absolute Gasteiger partial charge is 0.124 e. The summed E-state index contributed by atoms with van der Waals surface area (Å²) >= 11 is 0. The Kier molecular flexibility index (Phi) is 5.69. The maximum Gasteiger partial charge on any atom is 0.124 e. The first-order valence-corrected chi connectivity index (χ1v) is 8.64. The molecule has 0 spiro atoms. The van der Waals surface area contributed by atoms with E-state index in [0.717, 1.165) is 16.7 Å². The molecule has 0 aliphatic carbocycles. The van der Waals surface area contributed by atoms with E-state index in [1.165, 1.54) is 17.3 Å². The van der Waals surface area contributed by atoms with E-state index in [0.29, 0.717) is 24.7 Å². The quantitative estimate of drug-likeness (QED) is 0.578. The summed E-state index contributed by atoms with van der Waals surface area (Å²) in [6.45, 7) is 5.10. The van der Waals surface area contributed by atoms with Crippen molar-refractivity contribution < 1.29 is 9.47 Å². The summed E-state index contributed by atoms with van der Waals surface area (Å²) in [6.07, 6.45) is 1.30. The number of rotatable bonds is 7. The van der Waals surface area contributed by atoms with Gasteiger partial charge in [-0.1, -0.05) is 59.7 Å². The minimum Gasteiger partial charge on any atom is -0.489 e. The Hall–Kier alpha value is -3.07. The van der Waals surface area contributed by atoms with Crippen LogP contribution in [0.15, 0.2) is 66.7 Å².